The summed E-state index contributed by atoms with van der Waals surface area (Å²) in [4.78, 5) is 26.2. The molecule has 126 valence electrons. The van der Waals surface area contributed by atoms with Gasteiger partial charge in [0, 0.05) is 17.3 Å². The molecule has 0 fully saturated rings. The van der Waals surface area contributed by atoms with Crippen molar-refractivity contribution in [3.63, 3.8) is 0 Å². The van der Waals surface area contributed by atoms with E-state index in [2.05, 4.69) is 0 Å². The number of hydrogen-bond donors (Lipinski definition) is 0. The van der Waals surface area contributed by atoms with Crippen molar-refractivity contribution in [3.05, 3.63) is 69.8 Å². The molecular weight excluding hydrogens is 319 g/mol. The highest BCUT2D eigenvalue weighted by Crippen LogP contribution is 2.53. The van der Waals surface area contributed by atoms with Gasteiger partial charge in [-0.15, -0.1) is 0 Å². The van der Waals surface area contributed by atoms with Crippen molar-refractivity contribution in [1.82, 2.24) is 0 Å². The summed E-state index contributed by atoms with van der Waals surface area (Å²) in [5.41, 5.74) is 2.81. The smallest absolute Gasteiger partial charge is 0.229 e. The van der Waals surface area contributed by atoms with Crippen molar-refractivity contribution >= 4 is 18.2 Å². The lowest BCUT2D eigenvalue weighted by atomic mass is 10.0. The van der Waals surface area contributed by atoms with Gasteiger partial charge in [-0.2, -0.15) is 0 Å². The van der Waals surface area contributed by atoms with Crippen molar-refractivity contribution < 1.29 is 14.2 Å². The van der Waals surface area contributed by atoms with E-state index in [0.717, 1.165) is 22.3 Å². The Morgan fingerprint density at radius 2 is 1.04 bits per heavy atom. The van der Waals surface area contributed by atoms with Crippen LogP contribution < -0.4 is 0 Å². The Hall–Kier alpha value is -1.99. The molecule has 0 heterocycles. The molecule has 0 bridgehead atoms. The molecule has 0 aromatic heterocycles. The lowest BCUT2D eigenvalue weighted by Gasteiger charge is -2.19. The van der Waals surface area contributed by atoms with Gasteiger partial charge in [-0.3, -0.25) is 9.59 Å². The highest BCUT2D eigenvalue weighted by atomic mass is 31.2. The number of aryl methyl sites for hydroxylation is 4. The molecule has 3 nitrogen and oxygen atoms in total. The number of carbonyl (C=O) groups is 2. The summed E-state index contributed by atoms with van der Waals surface area (Å²) in [5, 5.41) is 0. The molecule has 0 radical (unpaired) electrons. The monoisotopic (exact) mass is 342 g/mol. The largest absolute Gasteiger partial charge is 0.307 e. The van der Waals surface area contributed by atoms with E-state index in [1.807, 2.05) is 64.1 Å². The van der Waals surface area contributed by atoms with Crippen molar-refractivity contribution in [2.24, 2.45) is 0 Å². The van der Waals surface area contributed by atoms with Gasteiger partial charge in [0.1, 0.15) is 0 Å². The predicted octanol–water partition coefficient (Wildman–Crippen LogP) is 5.28. The second-order valence-corrected chi connectivity index (χ2v) is 9.12. The lowest BCUT2D eigenvalue weighted by molar-refractivity contribution is 0.103. The van der Waals surface area contributed by atoms with Crippen LogP contribution in [0.25, 0.3) is 0 Å². The standard InChI is InChI=1S/C20H23O3P/c1-6-24(23,19(21)17-13(2)9-7-10-14(17)3)20(22)18-15(4)11-8-12-16(18)5/h7-12H,6H2,1-5H3. The molecule has 0 N–H and O–H groups in total. The lowest BCUT2D eigenvalue weighted by Crippen LogP contribution is -2.16. The van der Waals surface area contributed by atoms with Gasteiger partial charge in [0.05, 0.1) is 0 Å². The Labute approximate surface area is 143 Å². The van der Waals surface area contributed by atoms with E-state index in [9.17, 15) is 14.2 Å². The van der Waals surface area contributed by atoms with Crippen LogP contribution >= 0.6 is 7.14 Å². The summed E-state index contributed by atoms with van der Waals surface area (Å²) >= 11 is 0. The normalized spacial score (nSPS) is 11.4. The van der Waals surface area contributed by atoms with Crippen LogP contribution in [0.4, 0.5) is 0 Å². The molecular formula is C20H23O3P. The number of hydrogen-bond acceptors (Lipinski definition) is 3. The van der Waals surface area contributed by atoms with Crippen molar-refractivity contribution in [2.45, 2.75) is 34.6 Å². The molecule has 0 spiro atoms. The first-order valence-corrected chi connectivity index (χ1v) is 9.94. The van der Waals surface area contributed by atoms with E-state index in [4.69, 9.17) is 0 Å². The molecule has 0 atom stereocenters. The SMILES string of the molecule is CCP(=O)(C(=O)c1c(C)cccc1C)C(=O)c1c(C)cccc1C. The molecule has 0 unspecified atom stereocenters. The third-order valence-electron chi connectivity index (χ3n) is 4.49. The average Bonchev–Trinajstić information content (AvgIpc) is 2.53. The van der Waals surface area contributed by atoms with Gasteiger partial charge in [-0.05, 0) is 49.9 Å². The van der Waals surface area contributed by atoms with Gasteiger partial charge in [0.2, 0.25) is 18.2 Å². The third kappa shape index (κ3) is 3.01. The first-order valence-electron chi connectivity index (χ1n) is 8.05. The first-order chi connectivity index (χ1) is 11.2. The molecule has 4 heteroatoms. The summed E-state index contributed by atoms with van der Waals surface area (Å²) in [6.07, 6.45) is 0.0339. The number of rotatable bonds is 5. The molecule has 2 aromatic carbocycles. The fourth-order valence-electron chi connectivity index (χ4n) is 3.04. The summed E-state index contributed by atoms with van der Waals surface area (Å²) in [6, 6.07) is 10.9. The van der Waals surface area contributed by atoms with E-state index in [1.54, 1.807) is 6.92 Å². The quantitative estimate of drug-likeness (QED) is 0.694. The zero-order valence-corrected chi connectivity index (χ0v) is 15.7. The Kier molecular flexibility index (Phi) is 5.25. The van der Waals surface area contributed by atoms with Gasteiger partial charge in [-0.25, -0.2) is 0 Å². The van der Waals surface area contributed by atoms with E-state index in [-0.39, 0.29) is 6.16 Å². The van der Waals surface area contributed by atoms with Gasteiger partial charge in [-0.1, -0.05) is 43.3 Å². The minimum absolute atomic E-state index is 0.0339. The fraction of sp³-hybridized carbons (Fsp3) is 0.300. The molecule has 0 saturated carbocycles. The van der Waals surface area contributed by atoms with Crippen molar-refractivity contribution in [2.75, 3.05) is 6.16 Å². The molecule has 0 saturated heterocycles. The van der Waals surface area contributed by atoms with Gasteiger partial charge >= 0.3 is 0 Å². The summed E-state index contributed by atoms with van der Waals surface area (Å²) < 4.78 is 13.5. The first kappa shape index (κ1) is 18.4. The summed E-state index contributed by atoms with van der Waals surface area (Å²) in [5.74, 6) is 0. The van der Waals surface area contributed by atoms with Crippen molar-refractivity contribution in [1.29, 1.82) is 0 Å². The van der Waals surface area contributed by atoms with Crippen LogP contribution in [0.2, 0.25) is 0 Å². The summed E-state index contributed by atoms with van der Waals surface area (Å²) in [6.45, 7) is 8.89. The maximum Gasteiger partial charge on any atom is 0.229 e. The Balaban J connectivity index is 2.62. The van der Waals surface area contributed by atoms with Crippen LogP contribution in [-0.4, -0.2) is 17.2 Å². The Morgan fingerprint density at radius 3 is 1.29 bits per heavy atom. The maximum atomic E-state index is 13.5. The third-order valence-corrected chi connectivity index (χ3v) is 7.14. The van der Waals surface area contributed by atoms with Crippen LogP contribution in [0.1, 0.15) is 49.9 Å². The Morgan fingerprint density at radius 1 is 0.750 bits per heavy atom. The highest BCUT2D eigenvalue weighted by Gasteiger charge is 2.41. The van der Waals surface area contributed by atoms with E-state index < -0.39 is 18.2 Å². The molecule has 0 aliphatic rings. The van der Waals surface area contributed by atoms with E-state index >= 15 is 0 Å². The molecule has 2 rings (SSSR count). The number of benzene rings is 2. The predicted molar refractivity (Wildman–Crippen MR) is 98.6 cm³/mol. The van der Waals surface area contributed by atoms with Crippen molar-refractivity contribution in [3.8, 4) is 0 Å². The highest BCUT2D eigenvalue weighted by molar-refractivity contribution is 7.95. The van der Waals surface area contributed by atoms with Crippen LogP contribution in [0.5, 0.6) is 0 Å². The van der Waals surface area contributed by atoms with Crippen LogP contribution in [0, 0.1) is 27.7 Å². The zero-order chi connectivity index (χ0) is 18.1. The minimum Gasteiger partial charge on any atom is -0.307 e. The van der Waals surface area contributed by atoms with Crippen LogP contribution in [-0.2, 0) is 4.57 Å². The minimum atomic E-state index is -3.71. The zero-order valence-electron chi connectivity index (χ0n) is 14.8. The van der Waals surface area contributed by atoms with Gasteiger partial charge < -0.3 is 4.57 Å². The van der Waals surface area contributed by atoms with Crippen LogP contribution in [0.15, 0.2) is 36.4 Å². The summed E-state index contributed by atoms with van der Waals surface area (Å²) in [7, 11) is -3.71. The topological polar surface area (TPSA) is 51.2 Å². The van der Waals surface area contributed by atoms with Gasteiger partial charge in [0.15, 0.2) is 0 Å². The molecule has 0 amide bonds. The van der Waals surface area contributed by atoms with Crippen LogP contribution in [0.3, 0.4) is 0 Å². The van der Waals surface area contributed by atoms with E-state index in [1.165, 1.54) is 0 Å². The maximum absolute atomic E-state index is 13.5. The van der Waals surface area contributed by atoms with Gasteiger partial charge in [0.25, 0.3) is 0 Å². The number of carbonyl (C=O) groups excluding carboxylic acids is 2. The molecule has 24 heavy (non-hydrogen) atoms. The molecule has 0 aliphatic heterocycles. The Bertz CT molecular complexity index is 757. The second-order valence-electron chi connectivity index (χ2n) is 6.20. The fourth-order valence-corrected chi connectivity index (χ4v) is 5.23. The molecule has 2 aromatic rings. The molecule has 0 aliphatic carbocycles. The second kappa shape index (κ2) is 6.86. The average molecular weight is 342 g/mol. The van der Waals surface area contributed by atoms with E-state index in [0.29, 0.717) is 11.1 Å².